The fraction of sp³-hybridized carbons (Fsp3) is 0.368. The zero-order valence-corrected chi connectivity index (χ0v) is 14.5. The summed E-state index contributed by atoms with van der Waals surface area (Å²) in [6, 6.07) is 16.0. The van der Waals surface area contributed by atoms with Crippen LogP contribution < -0.4 is 5.32 Å². The second kappa shape index (κ2) is 5.49. The van der Waals surface area contributed by atoms with Crippen LogP contribution in [0.2, 0.25) is 0 Å². The van der Waals surface area contributed by atoms with Crippen molar-refractivity contribution < 1.29 is 0 Å². The van der Waals surface area contributed by atoms with Gasteiger partial charge in [-0.05, 0) is 59.2 Å². The molecule has 1 N–H and O–H groups in total. The van der Waals surface area contributed by atoms with Crippen molar-refractivity contribution in [2.45, 2.75) is 45.1 Å². The lowest BCUT2D eigenvalue weighted by molar-refractivity contribution is 0.590. The molecule has 1 aliphatic rings. The number of rotatable bonds is 2. The van der Waals surface area contributed by atoms with Crippen LogP contribution in [-0.4, -0.2) is 0 Å². The molecule has 0 saturated heterocycles. The Morgan fingerprint density at radius 3 is 2.43 bits per heavy atom. The zero-order chi connectivity index (χ0) is 15.0. The quantitative estimate of drug-likeness (QED) is 0.721. The lowest BCUT2D eigenvalue weighted by Crippen LogP contribution is -2.11. The molecular formula is C19H22BrN. The maximum atomic E-state index is 3.68. The van der Waals surface area contributed by atoms with Crippen molar-refractivity contribution >= 4 is 21.6 Å². The van der Waals surface area contributed by atoms with E-state index in [4.69, 9.17) is 0 Å². The normalized spacial score (nSPS) is 17.6. The highest BCUT2D eigenvalue weighted by Crippen LogP contribution is 2.35. The first kappa shape index (κ1) is 14.6. The van der Waals surface area contributed by atoms with Gasteiger partial charge < -0.3 is 5.32 Å². The highest BCUT2D eigenvalue weighted by molar-refractivity contribution is 9.10. The predicted molar refractivity (Wildman–Crippen MR) is 94.0 cm³/mol. The molecule has 110 valence electrons. The second-order valence-electron chi connectivity index (χ2n) is 6.91. The molecule has 0 radical (unpaired) electrons. The number of hydrogen-bond donors (Lipinski definition) is 1. The first-order valence-electron chi connectivity index (χ1n) is 7.59. The van der Waals surface area contributed by atoms with E-state index in [9.17, 15) is 0 Å². The minimum absolute atomic E-state index is 0.213. The van der Waals surface area contributed by atoms with Crippen LogP contribution in [0.25, 0.3) is 0 Å². The number of nitrogens with one attached hydrogen (secondary N) is 1. The van der Waals surface area contributed by atoms with Gasteiger partial charge in [-0.15, -0.1) is 0 Å². The van der Waals surface area contributed by atoms with Gasteiger partial charge in [-0.2, -0.15) is 0 Å². The molecular weight excluding hydrogens is 322 g/mol. The van der Waals surface area contributed by atoms with Gasteiger partial charge in [0.25, 0.3) is 0 Å². The fourth-order valence-corrected chi connectivity index (χ4v) is 3.41. The topological polar surface area (TPSA) is 12.0 Å². The van der Waals surface area contributed by atoms with Gasteiger partial charge in [0.05, 0.1) is 6.04 Å². The van der Waals surface area contributed by atoms with E-state index in [0.717, 1.165) is 6.42 Å². The molecule has 1 unspecified atom stereocenters. The van der Waals surface area contributed by atoms with Gasteiger partial charge in [-0.3, -0.25) is 0 Å². The van der Waals surface area contributed by atoms with E-state index < -0.39 is 0 Å². The molecule has 0 heterocycles. The van der Waals surface area contributed by atoms with E-state index >= 15 is 0 Å². The summed E-state index contributed by atoms with van der Waals surface area (Å²) >= 11 is 3.56. The molecule has 0 saturated carbocycles. The third kappa shape index (κ3) is 3.16. The van der Waals surface area contributed by atoms with Gasteiger partial charge in [-0.1, -0.05) is 54.9 Å². The van der Waals surface area contributed by atoms with Crippen LogP contribution in [0.3, 0.4) is 0 Å². The zero-order valence-electron chi connectivity index (χ0n) is 12.9. The number of aryl methyl sites for hydroxylation is 1. The van der Waals surface area contributed by atoms with Crippen molar-refractivity contribution in [2.24, 2.45) is 0 Å². The highest BCUT2D eigenvalue weighted by Gasteiger charge is 2.22. The van der Waals surface area contributed by atoms with Crippen LogP contribution >= 0.6 is 15.9 Å². The Balaban J connectivity index is 1.77. The van der Waals surface area contributed by atoms with E-state index in [-0.39, 0.29) is 5.41 Å². The Labute approximate surface area is 135 Å². The third-order valence-electron chi connectivity index (χ3n) is 4.27. The van der Waals surface area contributed by atoms with Crippen molar-refractivity contribution in [3.05, 3.63) is 63.6 Å². The summed E-state index contributed by atoms with van der Waals surface area (Å²) in [7, 11) is 0. The maximum absolute atomic E-state index is 3.68. The van der Waals surface area contributed by atoms with E-state index in [1.807, 2.05) is 0 Å². The summed E-state index contributed by atoms with van der Waals surface area (Å²) in [6.45, 7) is 6.75. The molecule has 1 atom stereocenters. The van der Waals surface area contributed by atoms with E-state index in [1.165, 1.54) is 33.3 Å². The fourth-order valence-electron chi connectivity index (χ4n) is 3.00. The SMILES string of the molecule is CC(C)(C)c1ccc(NC2CCc3cc(Br)ccc32)cc1. The summed E-state index contributed by atoms with van der Waals surface area (Å²) in [5.41, 5.74) is 5.71. The lowest BCUT2D eigenvalue weighted by Gasteiger charge is -2.20. The first-order valence-corrected chi connectivity index (χ1v) is 8.38. The number of fused-ring (bicyclic) bond motifs is 1. The predicted octanol–water partition coefficient (Wildman–Crippen LogP) is 5.85. The third-order valence-corrected chi connectivity index (χ3v) is 4.77. The van der Waals surface area contributed by atoms with E-state index in [1.54, 1.807) is 0 Å². The Morgan fingerprint density at radius 1 is 1.05 bits per heavy atom. The van der Waals surface area contributed by atoms with Crippen molar-refractivity contribution in [1.82, 2.24) is 0 Å². The summed E-state index contributed by atoms with van der Waals surface area (Å²) in [5, 5.41) is 3.68. The average molecular weight is 344 g/mol. The molecule has 2 aromatic carbocycles. The molecule has 3 rings (SSSR count). The van der Waals surface area contributed by atoms with Crippen LogP contribution in [0.1, 0.15) is 49.9 Å². The molecule has 2 aromatic rings. The highest BCUT2D eigenvalue weighted by atomic mass is 79.9. The van der Waals surface area contributed by atoms with Crippen LogP contribution in [0.15, 0.2) is 46.9 Å². The van der Waals surface area contributed by atoms with E-state index in [2.05, 4.69) is 84.5 Å². The Bertz CT molecular complexity index is 638. The molecule has 0 amide bonds. The molecule has 1 aliphatic carbocycles. The van der Waals surface area contributed by atoms with Gasteiger partial charge in [0, 0.05) is 10.2 Å². The smallest absolute Gasteiger partial charge is 0.0519 e. The van der Waals surface area contributed by atoms with Crippen LogP contribution in [0.5, 0.6) is 0 Å². The average Bonchev–Trinajstić information content (AvgIpc) is 2.80. The molecule has 0 aliphatic heterocycles. The van der Waals surface area contributed by atoms with Crippen LogP contribution in [0, 0.1) is 0 Å². The number of anilines is 1. The molecule has 2 heteroatoms. The monoisotopic (exact) mass is 343 g/mol. The Kier molecular flexibility index (Phi) is 3.83. The van der Waals surface area contributed by atoms with Crippen molar-refractivity contribution in [3.63, 3.8) is 0 Å². The molecule has 0 bridgehead atoms. The van der Waals surface area contributed by atoms with E-state index in [0.29, 0.717) is 6.04 Å². The van der Waals surface area contributed by atoms with Crippen molar-refractivity contribution in [2.75, 3.05) is 5.32 Å². The summed E-state index contributed by atoms with van der Waals surface area (Å²) in [6.07, 6.45) is 2.33. The Hall–Kier alpha value is -1.28. The van der Waals surface area contributed by atoms with Gasteiger partial charge in [-0.25, -0.2) is 0 Å². The molecule has 0 spiro atoms. The number of benzene rings is 2. The maximum Gasteiger partial charge on any atom is 0.0519 e. The largest absolute Gasteiger partial charge is 0.378 e. The minimum Gasteiger partial charge on any atom is -0.378 e. The van der Waals surface area contributed by atoms with Crippen LogP contribution in [-0.2, 0) is 11.8 Å². The molecule has 21 heavy (non-hydrogen) atoms. The number of halogens is 1. The summed E-state index contributed by atoms with van der Waals surface area (Å²) < 4.78 is 1.18. The summed E-state index contributed by atoms with van der Waals surface area (Å²) in [5.74, 6) is 0. The number of hydrogen-bond acceptors (Lipinski definition) is 1. The standard InChI is InChI=1S/C19H22BrN/c1-19(2,3)14-5-8-16(9-6-14)21-18-11-4-13-12-15(20)7-10-17(13)18/h5-10,12,18,21H,4,11H2,1-3H3. The first-order chi connectivity index (χ1) is 9.93. The van der Waals surface area contributed by atoms with Crippen molar-refractivity contribution in [1.29, 1.82) is 0 Å². The van der Waals surface area contributed by atoms with Gasteiger partial charge in [0.2, 0.25) is 0 Å². The molecule has 0 aromatic heterocycles. The lowest BCUT2D eigenvalue weighted by atomic mass is 9.87. The second-order valence-corrected chi connectivity index (χ2v) is 7.82. The van der Waals surface area contributed by atoms with Crippen LogP contribution in [0.4, 0.5) is 5.69 Å². The molecule has 1 nitrogen and oxygen atoms in total. The Morgan fingerprint density at radius 2 is 1.76 bits per heavy atom. The minimum atomic E-state index is 0.213. The van der Waals surface area contributed by atoms with Gasteiger partial charge >= 0.3 is 0 Å². The van der Waals surface area contributed by atoms with Gasteiger partial charge in [0.15, 0.2) is 0 Å². The van der Waals surface area contributed by atoms with Crippen molar-refractivity contribution in [3.8, 4) is 0 Å². The van der Waals surface area contributed by atoms with Gasteiger partial charge in [0.1, 0.15) is 0 Å². The molecule has 0 fully saturated rings. The summed E-state index contributed by atoms with van der Waals surface area (Å²) in [4.78, 5) is 0.